The number of rotatable bonds is 5. The number of hydrogen-bond acceptors (Lipinski definition) is 5. The highest BCUT2D eigenvalue weighted by Gasteiger charge is 2.27. The van der Waals surface area contributed by atoms with Crippen LogP contribution in [0.1, 0.15) is 38.3 Å². The lowest BCUT2D eigenvalue weighted by atomic mass is 9.89. The van der Waals surface area contributed by atoms with Crippen LogP contribution >= 0.6 is 11.3 Å². The molecule has 0 aliphatic heterocycles. The summed E-state index contributed by atoms with van der Waals surface area (Å²) in [5.74, 6) is -0.208. The van der Waals surface area contributed by atoms with Gasteiger partial charge in [0.25, 0.3) is 0 Å². The molecular weight excluding hydrogens is 423 g/mol. The number of anilines is 1. The van der Waals surface area contributed by atoms with Crippen LogP contribution in [0.4, 0.5) is 10.1 Å². The van der Waals surface area contributed by atoms with Crippen molar-refractivity contribution in [2.45, 2.75) is 51.2 Å². The van der Waals surface area contributed by atoms with E-state index in [0.29, 0.717) is 12.6 Å². The molecule has 5 rings (SSSR count). The average molecular weight is 449 g/mol. The maximum Gasteiger partial charge on any atom is 0.217 e. The van der Waals surface area contributed by atoms with Gasteiger partial charge in [-0.3, -0.25) is 9.78 Å². The second-order valence-electron chi connectivity index (χ2n) is 8.48. The van der Waals surface area contributed by atoms with Crippen LogP contribution in [-0.4, -0.2) is 28.0 Å². The Morgan fingerprint density at radius 3 is 2.72 bits per heavy atom. The summed E-state index contributed by atoms with van der Waals surface area (Å²) in [7, 11) is 0. The van der Waals surface area contributed by atoms with Crippen molar-refractivity contribution < 1.29 is 9.18 Å². The molecule has 0 bridgehead atoms. The summed E-state index contributed by atoms with van der Waals surface area (Å²) in [6.07, 6.45) is 3.94. The highest BCUT2D eigenvalue weighted by atomic mass is 32.1. The number of hydrogen-bond donors (Lipinski definition) is 1. The molecule has 7 heteroatoms. The van der Waals surface area contributed by atoms with Crippen LogP contribution in [0.2, 0.25) is 0 Å². The zero-order valence-corrected chi connectivity index (χ0v) is 18.7. The molecule has 0 unspecified atom stereocenters. The van der Waals surface area contributed by atoms with Crippen molar-refractivity contribution in [2.75, 3.05) is 4.90 Å². The number of amides is 1. The maximum atomic E-state index is 13.6. The van der Waals surface area contributed by atoms with Crippen molar-refractivity contribution in [1.29, 1.82) is 0 Å². The van der Waals surface area contributed by atoms with Gasteiger partial charge in [0.1, 0.15) is 5.82 Å². The van der Waals surface area contributed by atoms with Crippen LogP contribution < -0.4 is 10.2 Å². The molecule has 1 N–H and O–H groups in total. The summed E-state index contributed by atoms with van der Waals surface area (Å²) in [6.45, 7) is 2.26. The van der Waals surface area contributed by atoms with E-state index >= 15 is 0 Å². The predicted molar refractivity (Wildman–Crippen MR) is 127 cm³/mol. The maximum absolute atomic E-state index is 13.6. The molecule has 0 spiro atoms. The predicted octanol–water partition coefficient (Wildman–Crippen LogP) is 5.44. The van der Waals surface area contributed by atoms with E-state index in [1.54, 1.807) is 24.3 Å². The summed E-state index contributed by atoms with van der Waals surface area (Å²) < 4.78 is 14.7. The number of thiazole rings is 1. The summed E-state index contributed by atoms with van der Waals surface area (Å²) in [4.78, 5) is 23.1. The molecule has 2 aromatic heterocycles. The first-order chi connectivity index (χ1) is 15.5. The third kappa shape index (κ3) is 4.43. The summed E-state index contributed by atoms with van der Waals surface area (Å²) >= 11 is 1.65. The first kappa shape index (κ1) is 20.8. The smallest absolute Gasteiger partial charge is 0.217 e. The van der Waals surface area contributed by atoms with Crippen LogP contribution in [0.15, 0.2) is 54.0 Å². The van der Waals surface area contributed by atoms with Gasteiger partial charge in [0.05, 0.1) is 33.5 Å². The quantitative estimate of drug-likeness (QED) is 0.442. The Balaban J connectivity index is 1.44. The second kappa shape index (κ2) is 8.82. The standard InChI is InChI=1S/C25H25FN4OS/c1-16(31)28-19-5-7-21(8-6-19)30(22-9-11-24-25(13-22)32-15-27-24)14-20-4-2-17-12-18(26)3-10-23(17)29-20/h2-4,9-13,15,19,21H,5-8,14H2,1H3,(H,28,31). The number of fused-ring (bicyclic) bond motifs is 2. The minimum Gasteiger partial charge on any atom is -0.363 e. The van der Waals surface area contributed by atoms with Crippen molar-refractivity contribution in [1.82, 2.24) is 15.3 Å². The zero-order valence-electron chi connectivity index (χ0n) is 17.9. The van der Waals surface area contributed by atoms with Crippen molar-refractivity contribution in [3.63, 3.8) is 0 Å². The van der Waals surface area contributed by atoms with Gasteiger partial charge in [-0.2, -0.15) is 0 Å². The van der Waals surface area contributed by atoms with Gasteiger partial charge < -0.3 is 10.2 Å². The fourth-order valence-electron chi connectivity index (χ4n) is 4.67. The Kier molecular flexibility index (Phi) is 5.74. The molecule has 5 nitrogen and oxygen atoms in total. The second-order valence-corrected chi connectivity index (χ2v) is 9.36. The first-order valence-corrected chi connectivity index (χ1v) is 11.9. The van der Waals surface area contributed by atoms with Crippen LogP contribution in [0.25, 0.3) is 21.1 Å². The lowest BCUT2D eigenvalue weighted by Gasteiger charge is -2.38. The Morgan fingerprint density at radius 2 is 1.91 bits per heavy atom. The SMILES string of the molecule is CC(=O)NC1CCC(N(Cc2ccc3cc(F)ccc3n2)c2ccc3ncsc3c2)CC1. The van der Waals surface area contributed by atoms with Crippen molar-refractivity contribution in [2.24, 2.45) is 0 Å². The van der Waals surface area contributed by atoms with E-state index in [0.717, 1.165) is 53.5 Å². The third-order valence-corrected chi connectivity index (χ3v) is 7.02. The monoisotopic (exact) mass is 448 g/mol. The van der Waals surface area contributed by atoms with Crippen molar-refractivity contribution in [3.8, 4) is 0 Å². The molecule has 2 heterocycles. The minimum atomic E-state index is -0.248. The van der Waals surface area contributed by atoms with Gasteiger partial charge in [0.2, 0.25) is 5.91 Å². The van der Waals surface area contributed by atoms with Gasteiger partial charge in [-0.15, -0.1) is 11.3 Å². The number of carbonyl (C=O) groups is 1. The lowest BCUT2D eigenvalue weighted by molar-refractivity contribution is -0.119. The average Bonchev–Trinajstić information content (AvgIpc) is 3.26. The van der Waals surface area contributed by atoms with E-state index in [1.165, 1.54) is 16.8 Å². The number of benzene rings is 2. The van der Waals surface area contributed by atoms with Crippen LogP contribution in [0, 0.1) is 5.82 Å². The van der Waals surface area contributed by atoms with Crippen molar-refractivity contribution >= 4 is 44.1 Å². The van der Waals surface area contributed by atoms with Crippen molar-refractivity contribution in [3.05, 3.63) is 65.6 Å². The third-order valence-electron chi connectivity index (χ3n) is 6.23. The number of carbonyl (C=O) groups excluding carboxylic acids is 1. The topological polar surface area (TPSA) is 58.1 Å². The Labute approximate surface area is 190 Å². The summed E-state index contributed by atoms with van der Waals surface area (Å²) in [6, 6.07) is 15.7. The fraction of sp³-hybridized carbons (Fsp3) is 0.320. The summed E-state index contributed by atoms with van der Waals surface area (Å²) in [5.41, 5.74) is 5.81. The van der Waals surface area contributed by atoms with E-state index in [-0.39, 0.29) is 17.8 Å². The molecule has 0 atom stereocenters. The Hall–Kier alpha value is -3.06. The van der Waals surface area contributed by atoms with E-state index < -0.39 is 0 Å². The highest BCUT2D eigenvalue weighted by Crippen LogP contribution is 2.32. The lowest BCUT2D eigenvalue weighted by Crippen LogP contribution is -2.43. The Bertz CT molecular complexity index is 1270. The molecule has 32 heavy (non-hydrogen) atoms. The van der Waals surface area contributed by atoms with Gasteiger partial charge >= 0.3 is 0 Å². The first-order valence-electron chi connectivity index (χ1n) is 11.0. The number of nitrogens with one attached hydrogen (secondary N) is 1. The van der Waals surface area contributed by atoms with Gasteiger partial charge in [0, 0.05) is 30.1 Å². The highest BCUT2D eigenvalue weighted by molar-refractivity contribution is 7.16. The molecule has 164 valence electrons. The molecule has 1 aliphatic carbocycles. The molecule has 1 aliphatic rings. The van der Waals surface area contributed by atoms with Crippen LogP contribution in [0.3, 0.4) is 0 Å². The van der Waals surface area contributed by atoms with Gasteiger partial charge in [-0.25, -0.2) is 9.37 Å². The van der Waals surface area contributed by atoms with E-state index in [4.69, 9.17) is 4.98 Å². The van der Waals surface area contributed by atoms with E-state index in [2.05, 4.69) is 33.4 Å². The fourth-order valence-corrected chi connectivity index (χ4v) is 5.38. The Morgan fingerprint density at radius 1 is 1.09 bits per heavy atom. The van der Waals surface area contributed by atoms with Gasteiger partial charge in [0.15, 0.2) is 0 Å². The van der Waals surface area contributed by atoms with Crippen LogP contribution in [0.5, 0.6) is 0 Å². The molecular formula is C25H25FN4OS. The van der Waals surface area contributed by atoms with E-state index in [1.807, 2.05) is 17.6 Å². The number of halogens is 1. The largest absolute Gasteiger partial charge is 0.363 e. The molecule has 2 aromatic carbocycles. The molecule has 1 amide bonds. The number of aromatic nitrogens is 2. The minimum absolute atomic E-state index is 0.0396. The zero-order chi connectivity index (χ0) is 22.1. The van der Waals surface area contributed by atoms with Crippen LogP contribution in [-0.2, 0) is 11.3 Å². The number of pyridine rings is 1. The normalized spacial score (nSPS) is 18.7. The molecule has 4 aromatic rings. The summed E-state index contributed by atoms with van der Waals surface area (Å²) in [5, 5.41) is 3.88. The molecule has 1 fully saturated rings. The van der Waals surface area contributed by atoms with Gasteiger partial charge in [-0.1, -0.05) is 6.07 Å². The molecule has 0 saturated heterocycles. The molecule has 1 saturated carbocycles. The number of nitrogens with zero attached hydrogens (tertiary/aromatic N) is 3. The molecule has 0 radical (unpaired) electrons. The van der Waals surface area contributed by atoms with E-state index in [9.17, 15) is 9.18 Å². The van der Waals surface area contributed by atoms with Gasteiger partial charge in [-0.05, 0) is 68.1 Å².